The van der Waals surface area contributed by atoms with Crippen molar-refractivity contribution < 1.29 is 22.1 Å². The molecule has 4 rings (SSSR count). The minimum atomic E-state index is -4.79. The summed E-state index contributed by atoms with van der Waals surface area (Å²) >= 11 is 0. The molecule has 2 bridgehead atoms. The zero-order chi connectivity index (χ0) is 13.2. The predicted molar refractivity (Wildman–Crippen MR) is 60.3 cm³/mol. The fraction of sp³-hybridized carbons (Fsp3) is 0.500. The maximum absolute atomic E-state index is 13.2. The highest BCUT2D eigenvalue weighted by Gasteiger charge is 2.74. The van der Waals surface area contributed by atoms with Crippen molar-refractivity contribution in [3.05, 3.63) is 29.6 Å². The van der Waals surface area contributed by atoms with Gasteiger partial charge in [0, 0.05) is 5.56 Å². The number of ether oxygens (including phenoxy) is 1. The molecule has 0 amide bonds. The van der Waals surface area contributed by atoms with E-state index in [1.165, 1.54) is 25.3 Å². The molecule has 0 aliphatic heterocycles. The van der Waals surface area contributed by atoms with Crippen LogP contribution in [0.25, 0.3) is 0 Å². The van der Waals surface area contributed by atoms with E-state index in [-0.39, 0.29) is 19.3 Å². The van der Waals surface area contributed by atoms with Crippen LogP contribution in [-0.4, -0.2) is 14.1 Å². The van der Waals surface area contributed by atoms with E-state index < -0.39 is 23.5 Å². The largest absolute Gasteiger partial charge is 0.496 e. The van der Waals surface area contributed by atoms with E-state index in [2.05, 4.69) is 0 Å². The van der Waals surface area contributed by atoms with Gasteiger partial charge in [-0.3, -0.25) is 0 Å². The molecule has 3 saturated carbocycles. The molecule has 3 aliphatic rings. The third-order valence-corrected chi connectivity index (χ3v) is 4.50. The molecule has 0 aromatic heterocycles. The third kappa shape index (κ3) is 1.29. The Morgan fingerprint density at radius 2 is 1.78 bits per heavy atom. The molecular formula is C12H12BF4O-. The highest BCUT2D eigenvalue weighted by molar-refractivity contribution is 6.63. The Bertz CT molecular complexity index is 492. The second-order valence-corrected chi connectivity index (χ2v) is 5.59. The number of rotatable bonds is 3. The van der Waals surface area contributed by atoms with Gasteiger partial charge in [0.05, 0.1) is 7.11 Å². The van der Waals surface area contributed by atoms with Crippen LogP contribution < -0.4 is 4.74 Å². The van der Waals surface area contributed by atoms with E-state index in [0.29, 0.717) is 11.3 Å². The van der Waals surface area contributed by atoms with E-state index in [9.17, 15) is 17.3 Å². The highest BCUT2D eigenvalue weighted by Crippen LogP contribution is 2.83. The Morgan fingerprint density at radius 1 is 1.17 bits per heavy atom. The van der Waals surface area contributed by atoms with Gasteiger partial charge < -0.3 is 17.7 Å². The second kappa shape index (κ2) is 3.22. The Hall–Kier alpha value is -1.20. The number of hydrogen-bond acceptors (Lipinski definition) is 1. The Labute approximate surface area is 102 Å². The van der Waals surface area contributed by atoms with Crippen molar-refractivity contribution in [3.63, 3.8) is 0 Å². The summed E-state index contributed by atoms with van der Waals surface area (Å²) in [6.07, 6.45) is 0.260. The molecule has 1 aromatic carbocycles. The lowest BCUT2D eigenvalue weighted by Crippen LogP contribution is -2.67. The first-order chi connectivity index (χ1) is 8.32. The number of halogens is 4. The predicted octanol–water partition coefficient (Wildman–Crippen LogP) is 3.86. The van der Waals surface area contributed by atoms with Gasteiger partial charge in [0.2, 0.25) is 0 Å². The van der Waals surface area contributed by atoms with E-state index in [1.807, 2.05) is 0 Å². The number of hydrogen-bond donors (Lipinski definition) is 0. The van der Waals surface area contributed by atoms with Crippen LogP contribution in [0.3, 0.4) is 0 Å². The van der Waals surface area contributed by atoms with Gasteiger partial charge in [-0.1, -0.05) is 24.6 Å². The van der Waals surface area contributed by atoms with E-state index in [1.54, 1.807) is 0 Å². The molecule has 0 atom stereocenters. The third-order valence-electron chi connectivity index (χ3n) is 4.50. The first-order valence-electron chi connectivity index (χ1n) is 5.85. The zero-order valence-electron chi connectivity index (χ0n) is 9.85. The lowest BCUT2D eigenvalue weighted by Gasteiger charge is -2.75. The van der Waals surface area contributed by atoms with Gasteiger partial charge in [-0.15, -0.1) is 0 Å². The van der Waals surface area contributed by atoms with Gasteiger partial charge in [-0.2, -0.15) is 0 Å². The molecule has 6 heteroatoms. The average Bonchev–Trinajstić information content (AvgIpc) is 2.11. The van der Waals surface area contributed by atoms with Crippen LogP contribution in [-0.2, 0) is 5.41 Å². The summed E-state index contributed by atoms with van der Waals surface area (Å²) in [4.78, 5) is 0. The van der Waals surface area contributed by atoms with Crippen molar-refractivity contribution in [3.8, 4) is 5.75 Å². The molecule has 0 radical (unpaired) electrons. The van der Waals surface area contributed by atoms with Gasteiger partial charge in [-0.05, 0) is 23.6 Å². The Kier molecular flexibility index (Phi) is 2.12. The minimum Gasteiger partial charge on any atom is -0.496 e. The van der Waals surface area contributed by atoms with Gasteiger partial charge in [0.25, 0.3) is 0 Å². The molecule has 0 spiro atoms. The maximum Gasteiger partial charge on any atom is 0.484 e. The van der Waals surface area contributed by atoms with Crippen LogP contribution in [0.2, 0.25) is 5.31 Å². The van der Waals surface area contributed by atoms with Gasteiger partial charge >= 0.3 is 6.98 Å². The molecule has 0 unspecified atom stereocenters. The standard InChI is InChI=1S/C12H12BF4O/c1-18-10-3-2-8(14)4-9(10)11-5-12(6-11,7-11)13(15,16)17/h2-4H,5-7H2,1H3/q-1. The monoisotopic (exact) mass is 259 g/mol. The average molecular weight is 259 g/mol. The lowest BCUT2D eigenvalue weighted by molar-refractivity contribution is -0.0416. The normalized spacial score (nSPS) is 33.6. The molecule has 1 nitrogen and oxygen atoms in total. The van der Waals surface area contributed by atoms with Crippen molar-refractivity contribution in [2.24, 2.45) is 0 Å². The summed E-state index contributed by atoms with van der Waals surface area (Å²) in [6, 6.07) is 4.05. The highest BCUT2D eigenvalue weighted by atomic mass is 19.4. The van der Waals surface area contributed by atoms with E-state index in [0.717, 1.165) is 0 Å². The van der Waals surface area contributed by atoms with Crippen LogP contribution in [0.4, 0.5) is 17.3 Å². The Morgan fingerprint density at radius 3 is 2.28 bits per heavy atom. The van der Waals surface area contributed by atoms with Crippen molar-refractivity contribution >= 4 is 6.98 Å². The summed E-state index contributed by atoms with van der Waals surface area (Å²) in [6.45, 7) is -4.79. The van der Waals surface area contributed by atoms with Crippen LogP contribution in [0.1, 0.15) is 24.8 Å². The van der Waals surface area contributed by atoms with Crippen LogP contribution in [0.5, 0.6) is 5.75 Å². The fourth-order valence-electron chi connectivity index (χ4n) is 3.59. The van der Waals surface area contributed by atoms with Gasteiger partial charge in [-0.25, -0.2) is 4.39 Å². The Balaban J connectivity index is 1.91. The van der Waals surface area contributed by atoms with Gasteiger partial charge in [0.1, 0.15) is 11.6 Å². The van der Waals surface area contributed by atoms with Crippen LogP contribution in [0, 0.1) is 5.82 Å². The van der Waals surface area contributed by atoms with Crippen molar-refractivity contribution in [2.45, 2.75) is 30.0 Å². The molecule has 1 aromatic rings. The second-order valence-electron chi connectivity index (χ2n) is 5.59. The van der Waals surface area contributed by atoms with E-state index in [4.69, 9.17) is 4.74 Å². The minimum absolute atomic E-state index is 0.0866. The summed E-state index contributed by atoms with van der Waals surface area (Å²) in [5.41, 5.74) is 0.0805. The van der Waals surface area contributed by atoms with Crippen LogP contribution in [0.15, 0.2) is 18.2 Å². The number of benzene rings is 1. The molecule has 18 heavy (non-hydrogen) atoms. The summed E-state index contributed by atoms with van der Waals surface area (Å²) < 4.78 is 56.9. The summed E-state index contributed by atoms with van der Waals surface area (Å²) in [7, 11) is 1.45. The van der Waals surface area contributed by atoms with Crippen molar-refractivity contribution in [1.82, 2.24) is 0 Å². The summed E-state index contributed by atoms with van der Waals surface area (Å²) in [5.74, 6) is 0.0569. The van der Waals surface area contributed by atoms with Crippen molar-refractivity contribution in [1.29, 1.82) is 0 Å². The van der Waals surface area contributed by atoms with E-state index >= 15 is 0 Å². The first kappa shape index (κ1) is 11.9. The SMILES string of the molecule is COc1ccc(F)cc1C12CC([B-](F)(F)F)(C1)C2. The molecule has 0 saturated heterocycles. The smallest absolute Gasteiger partial charge is 0.484 e. The maximum atomic E-state index is 13.2. The molecule has 3 fully saturated rings. The molecule has 0 N–H and O–H groups in total. The van der Waals surface area contributed by atoms with Crippen LogP contribution >= 0.6 is 0 Å². The van der Waals surface area contributed by atoms with Gasteiger partial charge in [0.15, 0.2) is 0 Å². The first-order valence-corrected chi connectivity index (χ1v) is 5.85. The number of methoxy groups -OCH3 is 1. The molecular weight excluding hydrogens is 247 g/mol. The molecule has 98 valence electrons. The quantitative estimate of drug-likeness (QED) is 0.591. The summed E-state index contributed by atoms with van der Waals surface area (Å²) in [5, 5.41) is -1.46. The molecule has 0 heterocycles. The fourth-order valence-corrected chi connectivity index (χ4v) is 3.59. The molecule has 3 aliphatic carbocycles. The lowest BCUT2D eigenvalue weighted by atomic mass is 9.23. The van der Waals surface area contributed by atoms with Crippen molar-refractivity contribution in [2.75, 3.05) is 7.11 Å². The topological polar surface area (TPSA) is 9.23 Å². The zero-order valence-corrected chi connectivity index (χ0v) is 9.85.